The van der Waals surface area contributed by atoms with Gasteiger partial charge < -0.3 is 0 Å². The van der Waals surface area contributed by atoms with E-state index in [9.17, 15) is 26.0 Å². The lowest BCUT2D eigenvalue weighted by molar-refractivity contribution is -0.141. The van der Waals surface area contributed by atoms with E-state index in [2.05, 4.69) is 5.10 Å². The SMILES string of the molecule is CSc1ccc(-c2cc(C(F)(F)F)nn2NS(=O)(=O)c2ccccc2)cc1F. The highest BCUT2D eigenvalue weighted by atomic mass is 32.2. The Balaban J connectivity index is 2.10. The van der Waals surface area contributed by atoms with Crippen LogP contribution in [0.25, 0.3) is 11.3 Å². The molecule has 1 N–H and O–H groups in total. The monoisotopic (exact) mass is 431 g/mol. The van der Waals surface area contributed by atoms with E-state index in [0.717, 1.165) is 17.8 Å². The summed E-state index contributed by atoms with van der Waals surface area (Å²) >= 11 is 1.13. The molecule has 3 rings (SSSR count). The lowest BCUT2D eigenvalue weighted by Crippen LogP contribution is -2.25. The standard InChI is InChI=1S/C17H13F4N3O2S2/c1-27-15-8-7-11(9-13(15)18)14-10-16(17(19,20)21)22-24(14)23-28(25,26)12-5-3-2-4-6-12/h2-10,23H,1H3. The van der Waals surface area contributed by atoms with Gasteiger partial charge in [0.15, 0.2) is 5.69 Å². The Morgan fingerprint density at radius 3 is 2.32 bits per heavy atom. The molecule has 0 bridgehead atoms. The van der Waals surface area contributed by atoms with Gasteiger partial charge >= 0.3 is 6.18 Å². The fourth-order valence-corrected chi connectivity index (χ4v) is 3.83. The van der Waals surface area contributed by atoms with Gasteiger partial charge in [-0.05, 0) is 36.6 Å². The van der Waals surface area contributed by atoms with Crippen molar-refractivity contribution < 1.29 is 26.0 Å². The molecule has 1 aromatic heterocycles. The molecule has 148 valence electrons. The molecule has 0 aliphatic carbocycles. The molecule has 0 aliphatic rings. The minimum Gasteiger partial charge on any atom is -0.206 e. The summed E-state index contributed by atoms with van der Waals surface area (Å²) in [6, 6.07) is 11.6. The van der Waals surface area contributed by atoms with E-state index < -0.39 is 27.7 Å². The van der Waals surface area contributed by atoms with Crippen molar-refractivity contribution in [2.75, 3.05) is 11.1 Å². The molecule has 0 atom stereocenters. The zero-order valence-electron chi connectivity index (χ0n) is 14.2. The predicted molar refractivity (Wildman–Crippen MR) is 97.4 cm³/mol. The van der Waals surface area contributed by atoms with E-state index >= 15 is 0 Å². The van der Waals surface area contributed by atoms with Gasteiger partial charge in [0.05, 0.1) is 10.6 Å². The number of nitrogens with one attached hydrogen (secondary N) is 1. The largest absolute Gasteiger partial charge is 0.435 e. The second kappa shape index (κ2) is 7.47. The fourth-order valence-electron chi connectivity index (χ4n) is 2.39. The van der Waals surface area contributed by atoms with Gasteiger partial charge in [-0.3, -0.25) is 0 Å². The first-order chi connectivity index (χ1) is 13.1. The number of benzene rings is 2. The van der Waals surface area contributed by atoms with E-state index in [1.807, 2.05) is 4.83 Å². The van der Waals surface area contributed by atoms with E-state index in [4.69, 9.17) is 0 Å². The van der Waals surface area contributed by atoms with Crippen molar-refractivity contribution in [3.05, 3.63) is 66.1 Å². The first kappa shape index (κ1) is 20.2. The van der Waals surface area contributed by atoms with E-state index in [1.165, 1.54) is 36.4 Å². The molecule has 11 heteroatoms. The zero-order chi connectivity index (χ0) is 20.5. The van der Waals surface area contributed by atoms with E-state index in [1.54, 1.807) is 12.3 Å². The number of rotatable bonds is 5. The Morgan fingerprint density at radius 1 is 1.07 bits per heavy atom. The van der Waals surface area contributed by atoms with Gasteiger partial charge in [-0.1, -0.05) is 24.3 Å². The number of nitrogens with zero attached hydrogens (tertiary/aromatic N) is 2. The van der Waals surface area contributed by atoms with E-state index in [0.29, 0.717) is 15.8 Å². The average Bonchev–Trinajstić information content (AvgIpc) is 3.06. The number of alkyl halides is 3. The number of thioether (sulfide) groups is 1. The van der Waals surface area contributed by atoms with Gasteiger partial charge in [0.2, 0.25) is 0 Å². The van der Waals surface area contributed by atoms with Crippen molar-refractivity contribution >= 4 is 21.8 Å². The van der Waals surface area contributed by atoms with Gasteiger partial charge in [0.25, 0.3) is 10.0 Å². The molecular formula is C17H13F4N3O2S2. The lowest BCUT2D eigenvalue weighted by Gasteiger charge is -2.11. The van der Waals surface area contributed by atoms with Crippen molar-refractivity contribution in [1.29, 1.82) is 0 Å². The van der Waals surface area contributed by atoms with Crippen LogP contribution in [0.2, 0.25) is 0 Å². The number of aromatic nitrogens is 2. The van der Waals surface area contributed by atoms with Gasteiger partial charge in [0, 0.05) is 10.5 Å². The summed E-state index contributed by atoms with van der Waals surface area (Å²) < 4.78 is 78.4. The molecule has 0 saturated carbocycles. The quantitative estimate of drug-likeness (QED) is 0.482. The summed E-state index contributed by atoms with van der Waals surface area (Å²) in [6.07, 6.45) is -3.16. The third kappa shape index (κ3) is 4.14. The lowest BCUT2D eigenvalue weighted by atomic mass is 10.1. The van der Waals surface area contributed by atoms with Crippen molar-refractivity contribution in [3.63, 3.8) is 0 Å². The van der Waals surface area contributed by atoms with Gasteiger partial charge in [-0.15, -0.1) is 16.9 Å². The average molecular weight is 431 g/mol. The molecule has 0 aliphatic heterocycles. The third-order valence-corrected chi connectivity index (χ3v) is 5.78. The molecule has 3 aromatic rings. The molecule has 5 nitrogen and oxygen atoms in total. The summed E-state index contributed by atoms with van der Waals surface area (Å²) in [4.78, 5) is 2.62. The first-order valence-corrected chi connectivity index (χ1v) is 10.4. The summed E-state index contributed by atoms with van der Waals surface area (Å²) in [5.41, 5.74) is -1.53. The van der Waals surface area contributed by atoms with Crippen LogP contribution in [-0.2, 0) is 16.2 Å². The molecule has 0 unspecified atom stereocenters. The Kier molecular flexibility index (Phi) is 5.39. The summed E-state index contributed by atoms with van der Waals surface area (Å²) in [5.74, 6) is -0.641. The number of hydrogen-bond acceptors (Lipinski definition) is 4. The fraction of sp³-hybridized carbons (Fsp3) is 0.118. The highest BCUT2D eigenvalue weighted by Gasteiger charge is 2.36. The van der Waals surface area contributed by atoms with Crippen LogP contribution < -0.4 is 4.83 Å². The molecule has 28 heavy (non-hydrogen) atoms. The molecule has 0 spiro atoms. The van der Waals surface area contributed by atoms with Crippen molar-refractivity contribution in [2.24, 2.45) is 0 Å². The highest BCUT2D eigenvalue weighted by Crippen LogP contribution is 2.33. The van der Waals surface area contributed by atoms with Gasteiger partial charge in [-0.25, -0.2) is 4.39 Å². The highest BCUT2D eigenvalue weighted by molar-refractivity contribution is 7.98. The predicted octanol–water partition coefficient (Wildman–Crippen LogP) is 4.36. The molecular weight excluding hydrogens is 418 g/mol. The van der Waals surface area contributed by atoms with Gasteiger partial charge in [0.1, 0.15) is 5.82 Å². The van der Waals surface area contributed by atoms with Crippen LogP contribution in [0.1, 0.15) is 5.69 Å². The molecule has 0 fully saturated rings. The zero-order valence-corrected chi connectivity index (χ0v) is 15.9. The topological polar surface area (TPSA) is 64.0 Å². The Morgan fingerprint density at radius 2 is 1.75 bits per heavy atom. The first-order valence-electron chi connectivity index (χ1n) is 7.71. The number of hydrogen-bond donors (Lipinski definition) is 1. The Hall–Kier alpha value is -2.53. The molecule has 0 radical (unpaired) electrons. The molecule has 0 amide bonds. The van der Waals surface area contributed by atoms with Crippen LogP contribution in [-0.4, -0.2) is 24.6 Å². The number of halogens is 4. The van der Waals surface area contributed by atoms with Crippen LogP contribution >= 0.6 is 11.8 Å². The smallest absolute Gasteiger partial charge is 0.206 e. The summed E-state index contributed by atoms with van der Waals surface area (Å²) in [7, 11) is -4.21. The maximum Gasteiger partial charge on any atom is 0.435 e. The summed E-state index contributed by atoms with van der Waals surface area (Å²) in [6.45, 7) is 0. The second-order valence-electron chi connectivity index (χ2n) is 5.58. The minimum absolute atomic E-state index is 0.0362. The molecule has 2 aromatic carbocycles. The van der Waals surface area contributed by atoms with Crippen LogP contribution in [0.5, 0.6) is 0 Å². The van der Waals surface area contributed by atoms with Crippen LogP contribution in [0.15, 0.2) is 64.4 Å². The Labute approximate surface area is 162 Å². The van der Waals surface area contributed by atoms with Crippen LogP contribution in [0.4, 0.5) is 17.6 Å². The third-order valence-electron chi connectivity index (χ3n) is 3.71. The summed E-state index contributed by atoms with van der Waals surface area (Å²) in [5, 5.41) is 3.31. The van der Waals surface area contributed by atoms with Crippen LogP contribution in [0, 0.1) is 5.82 Å². The van der Waals surface area contributed by atoms with E-state index in [-0.39, 0.29) is 16.2 Å². The van der Waals surface area contributed by atoms with Crippen molar-refractivity contribution in [2.45, 2.75) is 16.0 Å². The second-order valence-corrected chi connectivity index (χ2v) is 8.09. The normalized spacial score (nSPS) is 12.2. The van der Waals surface area contributed by atoms with Crippen molar-refractivity contribution in [3.8, 4) is 11.3 Å². The maximum atomic E-state index is 14.1. The van der Waals surface area contributed by atoms with Gasteiger partial charge in [-0.2, -0.15) is 31.2 Å². The van der Waals surface area contributed by atoms with Crippen molar-refractivity contribution in [1.82, 2.24) is 9.89 Å². The maximum absolute atomic E-state index is 14.1. The molecule has 0 saturated heterocycles. The Bertz CT molecular complexity index is 1100. The number of sulfonamides is 1. The van der Waals surface area contributed by atoms with Crippen LogP contribution in [0.3, 0.4) is 0 Å². The minimum atomic E-state index is -4.81. The molecule has 1 heterocycles.